The van der Waals surface area contributed by atoms with Crippen LogP contribution in [-0.4, -0.2) is 55.0 Å². The second-order valence-electron chi connectivity index (χ2n) is 7.35. The highest BCUT2D eigenvalue weighted by Crippen LogP contribution is 2.09. The number of ether oxygens (including phenoxy) is 1. The Labute approximate surface area is 177 Å². The van der Waals surface area contributed by atoms with Gasteiger partial charge in [0.1, 0.15) is 12.1 Å². The third-order valence-corrected chi connectivity index (χ3v) is 5.04. The molecule has 0 spiro atoms. The molecule has 0 radical (unpaired) electrons. The van der Waals surface area contributed by atoms with E-state index in [1.165, 1.54) is 7.11 Å². The van der Waals surface area contributed by atoms with Gasteiger partial charge in [0.05, 0.1) is 13.2 Å². The van der Waals surface area contributed by atoms with Gasteiger partial charge in [0.25, 0.3) is 0 Å². The Kier molecular flexibility index (Phi) is 11.4. The molecular weight excluding hydrogens is 390 g/mol. The van der Waals surface area contributed by atoms with Crippen molar-refractivity contribution in [2.75, 3.05) is 19.1 Å². The van der Waals surface area contributed by atoms with Gasteiger partial charge in [-0.1, -0.05) is 44.2 Å². The Morgan fingerprint density at radius 2 is 1.69 bits per heavy atom. The second kappa shape index (κ2) is 13.2. The zero-order valence-corrected chi connectivity index (χ0v) is 18.5. The molecule has 1 rings (SSSR count). The summed E-state index contributed by atoms with van der Waals surface area (Å²) in [7, 11) is 1.28. The topological polar surface area (TPSA) is 111 Å². The molecule has 0 saturated heterocycles. The summed E-state index contributed by atoms with van der Waals surface area (Å²) in [5, 5.41) is 5.48. The summed E-state index contributed by atoms with van der Waals surface area (Å²) in [6, 6.07) is 7.07. The van der Waals surface area contributed by atoms with Gasteiger partial charge in [-0.05, 0) is 36.3 Å². The summed E-state index contributed by atoms with van der Waals surface area (Å²) in [6.07, 6.45) is 3.21. The van der Waals surface area contributed by atoms with Gasteiger partial charge in [0.2, 0.25) is 11.8 Å². The zero-order chi connectivity index (χ0) is 21.8. The molecule has 2 amide bonds. The van der Waals surface area contributed by atoms with E-state index in [0.29, 0.717) is 19.3 Å². The Hall–Kier alpha value is -2.06. The maximum atomic E-state index is 12.9. The molecule has 4 N–H and O–H groups in total. The van der Waals surface area contributed by atoms with Crippen molar-refractivity contribution in [2.45, 2.75) is 51.2 Å². The first-order valence-corrected chi connectivity index (χ1v) is 11.1. The van der Waals surface area contributed by atoms with Crippen LogP contribution >= 0.6 is 11.8 Å². The molecule has 0 aliphatic heterocycles. The lowest BCUT2D eigenvalue weighted by molar-refractivity contribution is -0.145. The predicted molar refractivity (Wildman–Crippen MR) is 116 cm³/mol. The maximum absolute atomic E-state index is 12.9. The highest BCUT2D eigenvalue weighted by Gasteiger charge is 2.29. The highest BCUT2D eigenvalue weighted by molar-refractivity contribution is 7.98. The lowest BCUT2D eigenvalue weighted by atomic mass is 10.0. The van der Waals surface area contributed by atoms with Crippen molar-refractivity contribution < 1.29 is 19.1 Å². The summed E-state index contributed by atoms with van der Waals surface area (Å²) >= 11 is 1.61. The molecule has 0 fully saturated rings. The molecule has 0 aliphatic rings. The Balaban J connectivity index is 2.86. The van der Waals surface area contributed by atoms with E-state index in [-0.39, 0.29) is 11.8 Å². The van der Waals surface area contributed by atoms with E-state index in [2.05, 4.69) is 10.6 Å². The number of nitrogens with one attached hydrogen (secondary N) is 2. The molecular formula is C21H33N3O4S. The number of amides is 2. The summed E-state index contributed by atoms with van der Waals surface area (Å²) in [5.74, 6) is -0.391. The maximum Gasteiger partial charge on any atom is 0.328 e. The van der Waals surface area contributed by atoms with E-state index < -0.39 is 30.0 Å². The number of nitrogens with two attached hydrogens (primary N) is 1. The van der Waals surface area contributed by atoms with E-state index in [9.17, 15) is 14.4 Å². The van der Waals surface area contributed by atoms with Crippen LogP contribution in [0.4, 0.5) is 0 Å². The number of hydrogen-bond acceptors (Lipinski definition) is 6. The van der Waals surface area contributed by atoms with Crippen molar-refractivity contribution in [1.82, 2.24) is 10.6 Å². The van der Waals surface area contributed by atoms with Crippen LogP contribution in [-0.2, 0) is 25.5 Å². The van der Waals surface area contributed by atoms with Gasteiger partial charge in [-0.2, -0.15) is 11.8 Å². The molecule has 7 nitrogen and oxygen atoms in total. The van der Waals surface area contributed by atoms with Crippen molar-refractivity contribution >= 4 is 29.5 Å². The molecule has 1 aromatic rings. The fourth-order valence-corrected chi connectivity index (χ4v) is 3.30. The van der Waals surface area contributed by atoms with Crippen LogP contribution in [0.3, 0.4) is 0 Å². The minimum atomic E-state index is -0.841. The van der Waals surface area contributed by atoms with Gasteiger partial charge >= 0.3 is 5.97 Å². The standard InChI is InChI=1S/C21H33N3O4S/c1-14(2)12-17(23-19(25)16(22)10-11-29-4)20(26)24-18(21(27)28-3)13-15-8-6-5-7-9-15/h5-9,14,16-18H,10-13,22H2,1-4H3,(H,23,25)(H,24,26)/t16-,17-,18-/m0/s1. The molecule has 8 heteroatoms. The highest BCUT2D eigenvalue weighted by atomic mass is 32.2. The van der Waals surface area contributed by atoms with Crippen LogP contribution in [0.15, 0.2) is 30.3 Å². The lowest BCUT2D eigenvalue weighted by Crippen LogP contribution is -2.55. The zero-order valence-electron chi connectivity index (χ0n) is 17.6. The molecule has 0 aromatic heterocycles. The molecule has 0 aliphatic carbocycles. The van der Waals surface area contributed by atoms with Crippen molar-refractivity contribution in [3.8, 4) is 0 Å². The van der Waals surface area contributed by atoms with Crippen LogP contribution < -0.4 is 16.4 Å². The molecule has 0 bridgehead atoms. The molecule has 3 atom stereocenters. The van der Waals surface area contributed by atoms with Crippen molar-refractivity contribution in [3.63, 3.8) is 0 Å². The number of hydrogen-bond donors (Lipinski definition) is 3. The van der Waals surface area contributed by atoms with E-state index >= 15 is 0 Å². The molecule has 0 unspecified atom stereocenters. The van der Waals surface area contributed by atoms with Crippen LogP contribution in [0.1, 0.15) is 32.3 Å². The summed E-state index contributed by atoms with van der Waals surface area (Å²) < 4.78 is 4.85. The number of benzene rings is 1. The van der Waals surface area contributed by atoms with Gasteiger partial charge in [-0.3, -0.25) is 9.59 Å². The van der Waals surface area contributed by atoms with Crippen LogP contribution in [0.2, 0.25) is 0 Å². The van der Waals surface area contributed by atoms with Gasteiger partial charge < -0.3 is 21.1 Å². The molecule has 162 valence electrons. The first-order valence-electron chi connectivity index (χ1n) is 9.75. The van der Waals surface area contributed by atoms with Gasteiger partial charge in [-0.15, -0.1) is 0 Å². The average molecular weight is 424 g/mol. The van der Waals surface area contributed by atoms with E-state index in [4.69, 9.17) is 10.5 Å². The number of carbonyl (C=O) groups is 3. The van der Waals surface area contributed by atoms with Gasteiger partial charge in [-0.25, -0.2) is 4.79 Å². The summed E-state index contributed by atoms with van der Waals surface area (Å²) in [4.78, 5) is 37.5. The second-order valence-corrected chi connectivity index (χ2v) is 8.34. The monoisotopic (exact) mass is 423 g/mol. The summed E-state index contributed by atoms with van der Waals surface area (Å²) in [6.45, 7) is 3.92. The number of thioether (sulfide) groups is 1. The first-order chi connectivity index (χ1) is 13.8. The average Bonchev–Trinajstić information content (AvgIpc) is 2.70. The third-order valence-electron chi connectivity index (χ3n) is 4.39. The smallest absolute Gasteiger partial charge is 0.328 e. The van der Waals surface area contributed by atoms with Crippen LogP contribution in [0, 0.1) is 5.92 Å². The van der Waals surface area contributed by atoms with E-state index in [1.807, 2.05) is 50.4 Å². The third kappa shape index (κ3) is 9.32. The SMILES string of the molecule is COC(=O)[C@H](Cc1ccccc1)NC(=O)[C@H](CC(C)C)NC(=O)[C@@H](N)CCSC. The van der Waals surface area contributed by atoms with Crippen molar-refractivity contribution in [2.24, 2.45) is 11.7 Å². The minimum Gasteiger partial charge on any atom is -0.467 e. The number of esters is 1. The number of carbonyl (C=O) groups excluding carboxylic acids is 3. The molecule has 0 heterocycles. The fraction of sp³-hybridized carbons (Fsp3) is 0.571. The minimum absolute atomic E-state index is 0.166. The van der Waals surface area contributed by atoms with Gasteiger partial charge in [0, 0.05) is 6.42 Å². The van der Waals surface area contributed by atoms with E-state index in [0.717, 1.165) is 11.3 Å². The normalized spacial score (nSPS) is 14.0. The van der Waals surface area contributed by atoms with Crippen molar-refractivity contribution in [1.29, 1.82) is 0 Å². The van der Waals surface area contributed by atoms with Crippen LogP contribution in [0.5, 0.6) is 0 Å². The van der Waals surface area contributed by atoms with Crippen molar-refractivity contribution in [3.05, 3.63) is 35.9 Å². The fourth-order valence-electron chi connectivity index (χ4n) is 2.82. The molecule has 1 aromatic carbocycles. The summed E-state index contributed by atoms with van der Waals surface area (Å²) in [5.41, 5.74) is 6.82. The first kappa shape index (κ1) is 25.0. The predicted octanol–water partition coefficient (Wildman–Crippen LogP) is 1.50. The quantitative estimate of drug-likeness (QED) is 0.440. The van der Waals surface area contributed by atoms with E-state index in [1.54, 1.807) is 11.8 Å². The van der Waals surface area contributed by atoms with Crippen LogP contribution in [0.25, 0.3) is 0 Å². The lowest BCUT2D eigenvalue weighted by Gasteiger charge is -2.24. The largest absolute Gasteiger partial charge is 0.467 e. The Morgan fingerprint density at radius 1 is 1.07 bits per heavy atom. The molecule has 29 heavy (non-hydrogen) atoms. The Bertz CT molecular complexity index is 655. The van der Waals surface area contributed by atoms with Gasteiger partial charge in [0.15, 0.2) is 0 Å². The number of methoxy groups -OCH3 is 1. The Morgan fingerprint density at radius 3 is 2.24 bits per heavy atom. The molecule has 0 saturated carbocycles. The number of rotatable bonds is 12.